The molecule has 1 aliphatic carbocycles. The van der Waals surface area contributed by atoms with Gasteiger partial charge < -0.3 is 5.32 Å². The van der Waals surface area contributed by atoms with Gasteiger partial charge in [-0.1, -0.05) is 32.9 Å². The molecule has 1 saturated heterocycles. The van der Waals surface area contributed by atoms with Gasteiger partial charge in [-0.2, -0.15) is 4.31 Å². The first-order valence-electron chi connectivity index (χ1n) is 13.6. The van der Waals surface area contributed by atoms with Crippen molar-refractivity contribution in [2.45, 2.75) is 51.3 Å². The van der Waals surface area contributed by atoms with Crippen LogP contribution in [0.15, 0.2) is 53.4 Å². The number of carbonyl (C=O) groups excluding carboxylic acids is 1. The van der Waals surface area contributed by atoms with Crippen molar-refractivity contribution in [2.75, 3.05) is 18.4 Å². The number of piperidine rings is 1. The Morgan fingerprint density at radius 2 is 1.69 bits per heavy atom. The predicted molar refractivity (Wildman–Crippen MR) is 160 cm³/mol. The predicted octanol–water partition coefficient (Wildman–Crippen LogP) is 7.07. The summed E-state index contributed by atoms with van der Waals surface area (Å²) < 4.78 is 29.3. The van der Waals surface area contributed by atoms with Crippen molar-refractivity contribution in [1.82, 2.24) is 9.29 Å². The van der Waals surface area contributed by atoms with Crippen molar-refractivity contribution in [2.24, 2.45) is 17.8 Å². The standard InChI is InChI=1S/C30H33N3O3S3/c1-18-8-13-23-26(15-18)38-30(27(23)29-31-24-6-4-5-7-25(24)37-29)32-28(34)21-9-11-22(12-10-21)39(35,36)33-16-19(2)14-20(3)17-33/h4-7,9-12,18-20H,8,13-17H2,1-3H3,(H,32,34)/t18-,19-,20+/m0/s1. The van der Waals surface area contributed by atoms with E-state index < -0.39 is 10.0 Å². The van der Waals surface area contributed by atoms with E-state index in [2.05, 4.69) is 32.2 Å². The maximum Gasteiger partial charge on any atom is 0.256 e. The van der Waals surface area contributed by atoms with Gasteiger partial charge in [0, 0.05) is 29.1 Å². The van der Waals surface area contributed by atoms with Crippen LogP contribution in [-0.4, -0.2) is 36.7 Å². The lowest BCUT2D eigenvalue weighted by atomic mass is 9.88. The van der Waals surface area contributed by atoms with Gasteiger partial charge in [0.25, 0.3) is 5.91 Å². The molecule has 0 saturated carbocycles. The second-order valence-corrected chi connectivity index (χ2v) is 15.4. The van der Waals surface area contributed by atoms with Crippen LogP contribution in [0.1, 0.15) is 54.4 Å². The number of hydrogen-bond acceptors (Lipinski definition) is 6. The molecule has 1 fully saturated rings. The van der Waals surface area contributed by atoms with Crippen molar-refractivity contribution < 1.29 is 13.2 Å². The highest BCUT2D eigenvalue weighted by Crippen LogP contribution is 2.47. The molecule has 1 N–H and O–H groups in total. The Morgan fingerprint density at radius 1 is 0.974 bits per heavy atom. The fourth-order valence-electron chi connectivity index (χ4n) is 5.95. The summed E-state index contributed by atoms with van der Waals surface area (Å²) in [6.45, 7) is 7.53. The molecule has 6 rings (SSSR count). The molecule has 9 heteroatoms. The number of fused-ring (bicyclic) bond motifs is 2. The molecule has 2 aliphatic rings. The number of sulfonamides is 1. The average molecular weight is 580 g/mol. The molecule has 1 amide bonds. The van der Waals surface area contributed by atoms with E-state index in [9.17, 15) is 13.2 Å². The van der Waals surface area contributed by atoms with Crippen LogP contribution in [0.25, 0.3) is 20.8 Å². The van der Waals surface area contributed by atoms with Crippen LogP contribution in [0.3, 0.4) is 0 Å². The van der Waals surface area contributed by atoms with Crippen LogP contribution in [0, 0.1) is 17.8 Å². The second-order valence-electron chi connectivity index (χ2n) is 11.3. The lowest BCUT2D eigenvalue weighted by molar-refractivity contribution is 0.102. The average Bonchev–Trinajstić information content (AvgIpc) is 3.48. The Morgan fingerprint density at radius 3 is 2.41 bits per heavy atom. The molecule has 3 heterocycles. The number of para-hydroxylation sites is 1. The molecule has 4 aromatic rings. The van der Waals surface area contributed by atoms with Crippen LogP contribution >= 0.6 is 22.7 Å². The number of amides is 1. The summed E-state index contributed by atoms with van der Waals surface area (Å²) in [6, 6.07) is 14.5. The topological polar surface area (TPSA) is 79.4 Å². The highest BCUT2D eigenvalue weighted by Gasteiger charge is 2.32. The van der Waals surface area contributed by atoms with Crippen molar-refractivity contribution in [3.8, 4) is 10.6 Å². The van der Waals surface area contributed by atoms with Gasteiger partial charge >= 0.3 is 0 Å². The summed E-state index contributed by atoms with van der Waals surface area (Å²) in [7, 11) is -3.60. The third-order valence-electron chi connectivity index (χ3n) is 7.84. The van der Waals surface area contributed by atoms with Gasteiger partial charge in [0.15, 0.2) is 0 Å². The van der Waals surface area contributed by atoms with Crippen LogP contribution in [-0.2, 0) is 22.9 Å². The van der Waals surface area contributed by atoms with Crippen molar-refractivity contribution in [1.29, 1.82) is 0 Å². The molecule has 2 aromatic carbocycles. The molecule has 2 aromatic heterocycles. The maximum absolute atomic E-state index is 13.4. The zero-order chi connectivity index (χ0) is 27.3. The van der Waals surface area contributed by atoms with Gasteiger partial charge in [0.05, 0.1) is 15.1 Å². The highest BCUT2D eigenvalue weighted by atomic mass is 32.2. The summed E-state index contributed by atoms with van der Waals surface area (Å²) in [5.41, 5.74) is 3.75. The number of thiazole rings is 1. The van der Waals surface area contributed by atoms with Crippen LogP contribution in [0.5, 0.6) is 0 Å². The van der Waals surface area contributed by atoms with E-state index >= 15 is 0 Å². The Labute approximate surface area is 238 Å². The highest BCUT2D eigenvalue weighted by molar-refractivity contribution is 7.89. The van der Waals surface area contributed by atoms with Crippen molar-refractivity contribution in [3.63, 3.8) is 0 Å². The van der Waals surface area contributed by atoms with Gasteiger partial charge in [-0.15, -0.1) is 22.7 Å². The first-order chi connectivity index (χ1) is 18.7. The Balaban J connectivity index is 1.28. The number of aromatic nitrogens is 1. The minimum absolute atomic E-state index is 0.232. The molecule has 1 aliphatic heterocycles. The fourth-order valence-corrected chi connectivity index (χ4v) is 10.1. The van der Waals surface area contributed by atoms with E-state index in [4.69, 9.17) is 4.98 Å². The molecule has 0 unspecified atom stereocenters. The molecule has 6 nitrogen and oxygen atoms in total. The normalized spacial score (nSPS) is 22.1. The summed E-state index contributed by atoms with van der Waals surface area (Å²) in [5, 5.41) is 4.92. The number of hydrogen-bond donors (Lipinski definition) is 1. The first-order valence-corrected chi connectivity index (χ1v) is 16.7. The van der Waals surface area contributed by atoms with E-state index in [0.29, 0.717) is 36.4 Å². The van der Waals surface area contributed by atoms with E-state index in [0.717, 1.165) is 51.5 Å². The molecule has 39 heavy (non-hydrogen) atoms. The van der Waals surface area contributed by atoms with Gasteiger partial charge in [0.2, 0.25) is 10.0 Å². The number of rotatable bonds is 5. The van der Waals surface area contributed by atoms with Crippen LogP contribution in [0.4, 0.5) is 5.00 Å². The fraction of sp³-hybridized carbons (Fsp3) is 0.400. The summed E-state index contributed by atoms with van der Waals surface area (Å²) >= 11 is 3.31. The number of carbonyl (C=O) groups is 1. The monoisotopic (exact) mass is 579 g/mol. The van der Waals surface area contributed by atoms with E-state index in [1.54, 1.807) is 51.2 Å². The van der Waals surface area contributed by atoms with Crippen LogP contribution in [0.2, 0.25) is 0 Å². The molecule has 0 radical (unpaired) electrons. The zero-order valence-corrected chi connectivity index (χ0v) is 24.9. The molecule has 0 spiro atoms. The van der Waals surface area contributed by atoms with Gasteiger partial charge in [-0.25, -0.2) is 13.4 Å². The minimum atomic E-state index is -3.60. The Kier molecular flexibility index (Phi) is 7.12. The van der Waals surface area contributed by atoms with Crippen molar-refractivity contribution in [3.05, 3.63) is 64.5 Å². The third kappa shape index (κ3) is 5.17. The number of nitrogens with zero attached hydrogens (tertiary/aromatic N) is 2. The molecule has 204 valence electrons. The minimum Gasteiger partial charge on any atom is -0.313 e. The van der Waals surface area contributed by atoms with Gasteiger partial charge in [-0.3, -0.25) is 4.79 Å². The van der Waals surface area contributed by atoms with Gasteiger partial charge in [0.1, 0.15) is 10.0 Å². The number of anilines is 1. The molecule has 3 atom stereocenters. The van der Waals surface area contributed by atoms with E-state index in [1.165, 1.54) is 10.4 Å². The Bertz CT molecular complexity index is 1600. The van der Waals surface area contributed by atoms with E-state index in [1.807, 2.05) is 18.2 Å². The number of thiophene rings is 1. The van der Waals surface area contributed by atoms with Crippen LogP contribution < -0.4 is 5.32 Å². The second kappa shape index (κ2) is 10.4. The smallest absolute Gasteiger partial charge is 0.256 e. The lowest BCUT2D eigenvalue weighted by Crippen LogP contribution is -2.42. The van der Waals surface area contributed by atoms with Gasteiger partial charge in [-0.05, 0) is 85.4 Å². The maximum atomic E-state index is 13.4. The SMILES string of the molecule is C[C@@H]1C[C@H](C)CN(S(=O)(=O)c2ccc(C(=O)Nc3sc4c(c3-c3nc5ccccc5s3)CC[C@H](C)C4)cc2)C1. The summed E-state index contributed by atoms with van der Waals surface area (Å²) in [6.07, 6.45) is 4.15. The molecular weight excluding hydrogens is 547 g/mol. The quantitative estimate of drug-likeness (QED) is 0.274. The Hall–Kier alpha value is -2.59. The molecule has 0 bridgehead atoms. The third-order valence-corrected chi connectivity index (χ3v) is 11.9. The summed E-state index contributed by atoms with van der Waals surface area (Å²) in [5.74, 6) is 1.03. The summed E-state index contributed by atoms with van der Waals surface area (Å²) in [4.78, 5) is 19.9. The first kappa shape index (κ1) is 26.6. The molecular formula is C30H33N3O3S3. The number of nitrogens with one attached hydrogen (secondary N) is 1. The lowest BCUT2D eigenvalue weighted by Gasteiger charge is -2.34. The zero-order valence-electron chi connectivity index (χ0n) is 22.4. The van der Waals surface area contributed by atoms with Crippen molar-refractivity contribution >= 4 is 53.8 Å². The van der Waals surface area contributed by atoms with E-state index in [-0.39, 0.29) is 10.8 Å². The largest absolute Gasteiger partial charge is 0.313 e. The number of benzene rings is 2.